The van der Waals surface area contributed by atoms with Crippen molar-refractivity contribution in [3.8, 4) is 28.8 Å². The zero-order valence-electron chi connectivity index (χ0n) is 11.6. The third-order valence-electron chi connectivity index (χ3n) is 3.18. The summed E-state index contributed by atoms with van der Waals surface area (Å²) in [5.74, 6) is 6.16. The Morgan fingerprint density at radius 2 is 2.00 bits per heavy atom. The minimum Gasteiger partial charge on any atom is -0.482 e. The highest BCUT2D eigenvalue weighted by molar-refractivity contribution is 5.69. The molecule has 0 aliphatic heterocycles. The van der Waals surface area contributed by atoms with Crippen LogP contribution in [0.1, 0.15) is 5.69 Å². The summed E-state index contributed by atoms with van der Waals surface area (Å²) >= 11 is 0. The Balaban J connectivity index is 2.20. The van der Waals surface area contributed by atoms with Gasteiger partial charge in [0.15, 0.2) is 0 Å². The van der Waals surface area contributed by atoms with E-state index in [0.717, 1.165) is 16.8 Å². The molecule has 0 radical (unpaired) electrons. The number of rotatable bonds is 2. The van der Waals surface area contributed by atoms with Crippen molar-refractivity contribution in [3.05, 3.63) is 54.4 Å². The van der Waals surface area contributed by atoms with Crippen LogP contribution in [-0.2, 0) is 0 Å². The molecule has 0 fully saturated rings. The molecule has 4 nitrogen and oxygen atoms in total. The number of benzene rings is 1. The molecular formula is C17H14N2O2. The van der Waals surface area contributed by atoms with Gasteiger partial charge in [-0.25, -0.2) is 4.98 Å². The number of aliphatic hydroxyl groups excluding tert-OH is 1. The van der Waals surface area contributed by atoms with Crippen LogP contribution in [0.3, 0.4) is 0 Å². The first-order valence-electron chi connectivity index (χ1n) is 6.54. The van der Waals surface area contributed by atoms with Crippen LogP contribution in [0.15, 0.2) is 48.7 Å². The van der Waals surface area contributed by atoms with Crippen molar-refractivity contribution in [2.45, 2.75) is 0 Å². The van der Waals surface area contributed by atoms with Crippen molar-refractivity contribution >= 4 is 5.65 Å². The van der Waals surface area contributed by atoms with Crippen LogP contribution in [0, 0.1) is 11.8 Å². The van der Waals surface area contributed by atoms with E-state index in [2.05, 4.69) is 16.8 Å². The second-order valence-electron chi connectivity index (χ2n) is 4.45. The molecule has 0 bridgehead atoms. The van der Waals surface area contributed by atoms with Gasteiger partial charge in [0.2, 0.25) is 5.88 Å². The molecule has 104 valence electrons. The second kappa shape index (κ2) is 5.70. The molecule has 0 atom stereocenters. The molecule has 1 N–H and O–H groups in total. The number of aliphatic hydroxyl groups is 1. The number of ether oxygens (including phenoxy) is 1. The molecule has 0 unspecified atom stereocenters. The molecule has 3 rings (SSSR count). The van der Waals surface area contributed by atoms with Crippen LogP contribution < -0.4 is 4.74 Å². The summed E-state index contributed by atoms with van der Waals surface area (Å²) in [7, 11) is 1.62. The van der Waals surface area contributed by atoms with Gasteiger partial charge in [-0.2, -0.15) is 0 Å². The number of nitrogens with zero attached hydrogens (tertiary/aromatic N) is 2. The number of imidazole rings is 1. The summed E-state index contributed by atoms with van der Waals surface area (Å²) in [6, 6.07) is 14.0. The number of methoxy groups -OCH3 is 1. The Labute approximate surface area is 122 Å². The van der Waals surface area contributed by atoms with Gasteiger partial charge >= 0.3 is 0 Å². The molecule has 2 heterocycles. The molecular weight excluding hydrogens is 264 g/mol. The van der Waals surface area contributed by atoms with Gasteiger partial charge in [-0.3, -0.25) is 4.40 Å². The summed E-state index contributed by atoms with van der Waals surface area (Å²) in [6.07, 6.45) is 1.68. The Hall–Kier alpha value is -2.77. The number of aromatic nitrogens is 2. The molecule has 3 aromatic rings. The van der Waals surface area contributed by atoms with E-state index in [4.69, 9.17) is 9.84 Å². The first kappa shape index (κ1) is 13.2. The molecule has 4 heteroatoms. The largest absolute Gasteiger partial charge is 0.482 e. The lowest BCUT2D eigenvalue weighted by atomic mass is 10.1. The van der Waals surface area contributed by atoms with E-state index in [9.17, 15) is 0 Å². The van der Waals surface area contributed by atoms with Crippen LogP contribution in [0.5, 0.6) is 5.88 Å². The van der Waals surface area contributed by atoms with Gasteiger partial charge in [0, 0.05) is 6.07 Å². The van der Waals surface area contributed by atoms with Gasteiger partial charge in [-0.15, -0.1) is 0 Å². The minimum absolute atomic E-state index is 0.183. The number of hydrogen-bond acceptors (Lipinski definition) is 3. The molecule has 0 aliphatic rings. The fraction of sp³-hybridized carbons (Fsp3) is 0.118. The third kappa shape index (κ3) is 2.47. The molecule has 0 aliphatic carbocycles. The van der Waals surface area contributed by atoms with Crippen molar-refractivity contribution in [1.29, 1.82) is 0 Å². The highest BCUT2D eigenvalue weighted by Crippen LogP contribution is 2.27. The van der Waals surface area contributed by atoms with Gasteiger partial charge < -0.3 is 9.84 Å². The maximum absolute atomic E-state index is 8.82. The minimum atomic E-state index is -0.183. The zero-order valence-corrected chi connectivity index (χ0v) is 11.6. The summed E-state index contributed by atoms with van der Waals surface area (Å²) < 4.78 is 7.29. The third-order valence-corrected chi connectivity index (χ3v) is 3.18. The van der Waals surface area contributed by atoms with Crippen molar-refractivity contribution in [3.63, 3.8) is 0 Å². The summed E-state index contributed by atoms with van der Waals surface area (Å²) in [6.45, 7) is -0.183. The standard InChI is InChI=1S/C17H14N2O2/c1-21-17-11-14(13-6-3-2-4-7-13)10-16-18-12-15(19(16)17)8-5-9-20/h2-4,6-7,10-12,20H,9H2,1H3. The number of hydrogen-bond donors (Lipinski definition) is 1. The fourth-order valence-electron chi connectivity index (χ4n) is 2.24. The van der Waals surface area contributed by atoms with Gasteiger partial charge in [0.25, 0.3) is 0 Å². The van der Waals surface area contributed by atoms with Crippen molar-refractivity contribution in [2.24, 2.45) is 0 Å². The van der Waals surface area contributed by atoms with Gasteiger partial charge in [0.1, 0.15) is 17.9 Å². The van der Waals surface area contributed by atoms with E-state index in [0.29, 0.717) is 11.6 Å². The highest BCUT2D eigenvalue weighted by Gasteiger charge is 2.10. The topological polar surface area (TPSA) is 46.8 Å². The SMILES string of the molecule is COc1cc(-c2ccccc2)cc2ncc(C#CCO)n12. The molecule has 0 saturated heterocycles. The fourth-order valence-corrected chi connectivity index (χ4v) is 2.24. The van der Waals surface area contributed by atoms with E-state index in [-0.39, 0.29) is 6.61 Å². The molecule has 21 heavy (non-hydrogen) atoms. The van der Waals surface area contributed by atoms with Crippen LogP contribution in [0.25, 0.3) is 16.8 Å². The number of fused-ring (bicyclic) bond motifs is 1. The first-order valence-corrected chi connectivity index (χ1v) is 6.54. The Kier molecular flexibility index (Phi) is 3.59. The lowest BCUT2D eigenvalue weighted by molar-refractivity contribution is 0.350. The second-order valence-corrected chi connectivity index (χ2v) is 4.45. The van der Waals surface area contributed by atoms with Crippen LogP contribution in [0.2, 0.25) is 0 Å². The first-order chi connectivity index (χ1) is 10.3. The Morgan fingerprint density at radius 1 is 1.19 bits per heavy atom. The molecule has 2 aromatic heterocycles. The van der Waals surface area contributed by atoms with E-state index < -0.39 is 0 Å². The lowest BCUT2D eigenvalue weighted by Crippen LogP contribution is -1.97. The summed E-state index contributed by atoms with van der Waals surface area (Å²) in [4.78, 5) is 4.37. The van der Waals surface area contributed by atoms with Gasteiger partial charge in [-0.05, 0) is 23.1 Å². The van der Waals surface area contributed by atoms with Crippen molar-refractivity contribution in [1.82, 2.24) is 9.38 Å². The number of pyridine rings is 1. The van der Waals surface area contributed by atoms with Crippen LogP contribution in [0.4, 0.5) is 0 Å². The van der Waals surface area contributed by atoms with Crippen LogP contribution in [-0.4, -0.2) is 28.2 Å². The smallest absolute Gasteiger partial charge is 0.200 e. The van der Waals surface area contributed by atoms with E-state index in [1.165, 1.54) is 0 Å². The van der Waals surface area contributed by atoms with E-state index in [1.807, 2.05) is 46.9 Å². The summed E-state index contributed by atoms with van der Waals surface area (Å²) in [5.41, 5.74) is 3.59. The molecule has 0 spiro atoms. The van der Waals surface area contributed by atoms with E-state index in [1.54, 1.807) is 13.3 Å². The quantitative estimate of drug-likeness (QED) is 0.732. The molecule has 0 saturated carbocycles. The van der Waals surface area contributed by atoms with Crippen molar-refractivity contribution < 1.29 is 9.84 Å². The zero-order chi connectivity index (χ0) is 14.7. The van der Waals surface area contributed by atoms with Gasteiger partial charge in [-0.1, -0.05) is 36.3 Å². The summed E-state index contributed by atoms with van der Waals surface area (Å²) in [5, 5.41) is 8.82. The van der Waals surface area contributed by atoms with Crippen molar-refractivity contribution in [2.75, 3.05) is 13.7 Å². The highest BCUT2D eigenvalue weighted by atomic mass is 16.5. The Morgan fingerprint density at radius 3 is 2.71 bits per heavy atom. The lowest BCUT2D eigenvalue weighted by Gasteiger charge is -2.09. The predicted molar refractivity (Wildman–Crippen MR) is 81.1 cm³/mol. The van der Waals surface area contributed by atoms with Gasteiger partial charge in [0.05, 0.1) is 13.3 Å². The average molecular weight is 278 g/mol. The predicted octanol–water partition coefficient (Wildman–Crippen LogP) is 2.35. The average Bonchev–Trinajstić information content (AvgIpc) is 2.96. The molecule has 0 amide bonds. The molecule has 1 aromatic carbocycles. The monoisotopic (exact) mass is 278 g/mol. The maximum atomic E-state index is 8.82. The van der Waals surface area contributed by atoms with Crippen LogP contribution >= 0.6 is 0 Å². The Bertz CT molecular complexity index is 826. The van der Waals surface area contributed by atoms with E-state index >= 15 is 0 Å². The normalized spacial score (nSPS) is 10.2. The maximum Gasteiger partial charge on any atom is 0.200 e.